The Morgan fingerprint density at radius 3 is 1.82 bits per heavy atom. The largest absolute Gasteiger partial charge is 0.468 e. The minimum absolute atomic E-state index is 0.00298. The zero-order valence-corrected chi connectivity index (χ0v) is 25.3. The quantitative estimate of drug-likeness (QED) is 0.282. The Balaban J connectivity index is 3.24. The van der Waals surface area contributed by atoms with Crippen LogP contribution in [-0.2, 0) is 35.1 Å². The van der Waals surface area contributed by atoms with Crippen LogP contribution in [0, 0.1) is 22.7 Å². The summed E-state index contributed by atoms with van der Waals surface area (Å²) in [6.45, 7) is 17.0. The molecule has 0 bridgehead atoms. The average molecular weight is 550 g/mol. The molecular formula is C30H47NO8. The molecule has 1 aromatic carbocycles. The van der Waals surface area contributed by atoms with Crippen molar-refractivity contribution < 1.29 is 38.1 Å². The number of hydrogen-bond donors (Lipinski definition) is 1. The third-order valence-electron chi connectivity index (χ3n) is 6.08. The maximum Gasteiger partial charge on any atom is 0.326 e. The topological polar surface area (TPSA) is 131 Å². The monoisotopic (exact) mass is 549 g/mol. The Kier molecular flexibility index (Phi) is 12.2. The minimum Gasteiger partial charge on any atom is -0.468 e. The molecule has 0 saturated carbocycles. The van der Waals surface area contributed by atoms with Gasteiger partial charge in [0, 0.05) is 12.8 Å². The van der Waals surface area contributed by atoms with Crippen molar-refractivity contribution in [2.75, 3.05) is 13.7 Å². The summed E-state index contributed by atoms with van der Waals surface area (Å²) in [5.41, 5.74) is 4.87. The molecular weight excluding hydrogens is 502 g/mol. The van der Waals surface area contributed by atoms with Crippen LogP contribution in [0.25, 0.3) is 0 Å². The summed E-state index contributed by atoms with van der Waals surface area (Å²) in [4.78, 5) is 50.1. The highest BCUT2D eigenvalue weighted by Crippen LogP contribution is 2.33. The molecule has 0 aromatic heterocycles. The van der Waals surface area contributed by atoms with Gasteiger partial charge in [-0.3, -0.25) is 19.2 Å². The number of benzene rings is 1. The fourth-order valence-corrected chi connectivity index (χ4v) is 3.58. The van der Waals surface area contributed by atoms with Crippen molar-refractivity contribution in [1.82, 2.24) is 0 Å². The van der Waals surface area contributed by atoms with Crippen LogP contribution < -0.4 is 15.2 Å². The van der Waals surface area contributed by atoms with Crippen LogP contribution in [0.2, 0.25) is 0 Å². The van der Waals surface area contributed by atoms with E-state index in [9.17, 15) is 19.2 Å². The van der Waals surface area contributed by atoms with Crippen LogP contribution in [-0.4, -0.2) is 43.1 Å². The summed E-state index contributed by atoms with van der Waals surface area (Å²) in [7, 11) is 1.23. The molecule has 0 amide bonds. The van der Waals surface area contributed by atoms with Crippen molar-refractivity contribution in [3.05, 3.63) is 23.8 Å². The number of methoxy groups -OCH3 is 1. The van der Waals surface area contributed by atoms with E-state index in [0.717, 1.165) is 0 Å². The molecule has 2 N–H and O–H groups in total. The van der Waals surface area contributed by atoms with Gasteiger partial charge in [-0.2, -0.15) is 0 Å². The van der Waals surface area contributed by atoms with E-state index >= 15 is 0 Å². The number of carbonyl (C=O) groups excluding carboxylic acids is 4. The molecule has 9 heteroatoms. The van der Waals surface area contributed by atoms with E-state index in [4.69, 9.17) is 24.7 Å². The number of carbonyl (C=O) groups is 4. The first-order valence-corrected chi connectivity index (χ1v) is 13.3. The molecule has 0 aliphatic rings. The third kappa shape index (κ3) is 12.2. The van der Waals surface area contributed by atoms with Crippen molar-refractivity contribution in [3.8, 4) is 11.5 Å². The van der Waals surface area contributed by atoms with Crippen molar-refractivity contribution in [1.29, 1.82) is 0 Å². The molecule has 0 heterocycles. The lowest BCUT2D eigenvalue weighted by molar-refractivity contribution is -0.153. The average Bonchev–Trinajstić information content (AvgIpc) is 2.76. The van der Waals surface area contributed by atoms with E-state index in [1.54, 1.807) is 13.0 Å². The Morgan fingerprint density at radius 1 is 0.846 bits per heavy atom. The molecule has 39 heavy (non-hydrogen) atoms. The zero-order chi connectivity index (χ0) is 30.2. The van der Waals surface area contributed by atoms with E-state index in [1.807, 2.05) is 55.4 Å². The highest BCUT2D eigenvalue weighted by molar-refractivity contribution is 5.81. The fraction of sp³-hybridized carbons (Fsp3) is 0.667. The summed E-state index contributed by atoms with van der Waals surface area (Å²) < 4.78 is 21.5. The highest BCUT2D eigenvalue weighted by atomic mass is 16.6. The van der Waals surface area contributed by atoms with Crippen molar-refractivity contribution in [2.24, 2.45) is 28.4 Å². The van der Waals surface area contributed by atoms with Gasteiger partial charge in [0.2, 0.25) is 0 Å². The number of hydrogen-bond acceptors (Lipinski definition) is 9. The molecule has 220 valence electrons. The van der Waals surface area contributed by atoms with Gasteiger partial charge in [0.1, 0.15) is 5.54 Å². The molecule has 9 nitrogen and oxygen atoms in total. The van der Waals surface area contributed by atoms with Gasteiger partial charge in [0.25, 0.3) is 0 Å². The lowest BCUT2D eigenvalue weighted by atomic mass is 9.88. The van der Waals surface area contributed by atoms with Crippen LogP contribution in [0.3, 0.4) is 0 Å². The van der Waals surface area contributed by atoms with Gasteiger partial charge in [-0.25, -0.2) is 0 Å². The van der Waals surface area contributed by atoms with E-state index in [1.165, 1.54) is 19.2 Å². The first-order valence-electron chi connectivity index (χ1n) is 13.3. The molecule has 2 atom stereocenters. The van der Waals surface area contributed by atoms with Crippen LogP contribution in [0.15, 0.2) is 18.2 Å². The number of rotatable bonds is 12. The molecule has 1 rings (SSSR count). The summed E-state index contributed by atoms with van der Waals surface area (Å²) in [5.74, 6) is -2.06. The smallest absolute Gasteiger partial charge is 0.326 e. The van der Waals surface area contributed by atoms with Gasteiger partial charge in [-0.15, -0.1) is 0 Å². The van der Waals surface area contributed by atoms with E-state index in [2.05, 4.69) is 0 Å². The van der Waals surface area contributed by atoms with E-state index in [0.29, 0.717) is 5.56 Å². The fourth-order valence-electron chi connectivity index (χ4n) is 3.58. The number of esters is 4. The number of ether oxygens (including phenoxy) is 4. The van der Waals surface area contributed by atoms with Crippen LogP contribution in [0.1, 0.15) is 87.1 Å². The molecule has 1 aromatic rings. The van der Waals surface area contributed by atoms with Gasteiger partial charge in [0.15, 0.2) is 11.5 Å². The van der Waals surface area contributed by atoms with Gasteiger partial charge in [0.05, 0.1) is 32.5 Å². The van der Waals surface area contributed by atoms with Gasteiger partial charge >= 0.3 is 23.9 Å². The summed E-state index contributed by atoms with van der Waals surface area (Å²) in [6, 6.07) is 4.67. The van der Waals surface area contributed by atoms with E-state index < -0.39 is 23.4 Å². The van der Waals surface area contributed by atoms with Crippen molar-refractivity contribution in [2.45, 2.75) is 93.5 Å². The predicted octanol–water partition coefficient (Wildman–Crippen LogP) is 5.01. The minimum atomic E-state index is -1.52. The molecule has 0 radical (unpaired) electrons. The maximum atomic E-state index is 12.7. The van der Waals surface area contributed by atoms with E-state index in [-0.39, 0.29) is 72.4 Å². The Bertz CT molecular complexity index is 1020. The van der Waals surface area contributed by atoms with Gasteiger partial charge < -0.3 is 24.7 Å². The van der Waals surface area contributed by atoms with Gasteiger partial charge in [-0.1, -0.05) is 68.4 Å². The lowest BCUT2D eigenvalue weighted by Gasteiger charge is -2.27. The molecule has 1 unspecified atom stereocenters. The third-order valence-corrected chi connectivity index (χ3v) is 6.08. The molecule has 0 fully saturated rings. The predicted molar refractivity (Wildman–Crippen MR) is 148 cm³/mol. The van der Waals surface area contributed by atoms with Crippen LogP contribution >= 0.6 is 0 Å². The second kappa shape index (κ2) is 13.9. The standard InChI is InChI=1S/C30H47NO8/c1-19(2)20(3)26(34)37-14-13-30(31,27(35)36-10)16-21-11-12-22(38-24(32)17-28(4,5)6)23(15-21)39-25(33)18-29(7,8)9/h11-12,15,19-20H,13-14,16-18,31H2,1-10H3/t20?,30-/m1/s1. The maximum absolute atomic E-state index is 12.7. The van der Waals surface area contributed by atoms with Crippen molar-refractivity contribution in [3.63, 3.8) is 0 Å². The van der Waals surface area contributed by atoms with Crippen LogP contribution in [0.4, 0.5) is 0 Å². The summed E-state index contributed by atoms with van der Waals surface area (Å²) in [6.07, 6.45) is 0.303. The Morgan fingerprint density at radius 2 is 1.36 bits per heavy atom. The molecule has 0 aliphatic carbocycles. The Labute approximate surface area is 233 Å². The second-order valence-corrected chi connectivity index (χ2v) is 13.0. The molecule has 0 aliphatic heterocycles. The second-order valence-electron chi connectivity index (χ2n) is 13.0. The zero-order valence-electron chi connectivity index (χ0n) is 25.3. The van der Waals surface area contributed by atoms with Gasteiger partial charge in [-0.05, 0) is 34.4 Å². The highest BCUT2D eigenvalue weighted by Gasteiger charge is 2.36. The summed E-state index contributed by atoms with van der Waals surface area (Å²) >= 11 is 0. The molecule has 0 spiro atoms. The lowest BCUT2D eigenvalue weighted by Crippen LogP contribution is -2.51. The van der Waals surface area contributed by atoms with Crippen LogP contribution in [0.5, 0.6) is 11.5 Å². The summed E-state index contributed by atoms with van der Waals surface area (Å²) in [5, 5.41) is 0. The number of nitrogens with two attached hydrogens (primary N) is 1. The first kappa shape index (κ1) is 34.1. The SMILES string of the molecule is COC(=O)[C@@](N)(CCOC(=O)C(C)C(C)C)Cc1ccc(OC(=O)CC(C)(C)C)c(OC(=O)CC(C)(C)C)c1. The Hall–Kier alpha value is -2.94. The first-order chi connectivity index (χ1) is 17.8. The molecule has 0 saturated heterocycles. The normalized spacial score (nSPS) is 14.3. The van der Waals surface area contributed by atoms with Crippen molar-refractivity contribution >= 4 is 23.9 Å².